The molecular formula is C54H38N2O. The highest BCUT2D eigenvalue weighted by Gasteiger charge is 2.44. The van der Waals surface area contributed by atoms with Crippen LogP contribution in [0.5, 0.6) is 0 Å². The summed E-state index contributed by atoms with van der Waals surface area (Å²) in [4.78, 5) is 13.8. The third-order valence-corrected chi connectivity index (χ3v) is 14.5. The van der Waals surface area contributed by atoms with E-state index in [0.717, 1.165) is 35.0 Å². The third kappa shape index (κ3) is 4.28. The summed E-state index contributed by atoms with van der Waals surface area (Å²) >= 11 is 0. The van der Waals surface area contributed by atoms with Gasteiger partial charge < -0.3 is 4.40 Å². The number of carbonyl (C=O) groups is 1. The van der Waals surface area contributed by atoms with Crippen LogP contribution in [0.15, 0.2) is 133 Å². The molecular weight excluding hydrogens is 693 g/mol. The number of nitrogens with zero attached hydrogens (tertiary/aromatic N) is 2. The van der Waals surface area contributed by atoms with Gasteiger partial charge in [0.15, 0.2) is 5.78 Å². The molecule has 7 aromatic carbocycles. The molecule has 57 heavy (non-hydrogen) atoms. The Hall–Kier alpha value is -6.50. The fraction of sp³-hybridized carbons (Fsp3) is 0.185. The van der Waals surface area contributed by atoms with Crippen LogP contribution in [0.4, 0.5) is 0 Å². The van der Waals surface area contributed by atoms with Crippen LogP contribution in [-0.2, 0) is 0 Å². The first-order valence-corrected chi connectivity index (χ1v) is 20.8. The van der Waals surface area contributed by atoms with E-state index in [1.54, 1.807) is 0 Å². The van der Waals surface area contributed by atoms with Crippen molar-refractivity contribution in [2.45, 2.75) is 56.3 Å². The van der Waals surface area contributed by atoms with Gasteiger partial charge in [-0.1, -0.05) is 91.0 Å². The van der Waals surface area contributed by atoms with Crippen molar-refractivity contribution in [3.63, 3.8) is 0 Å². The third-order valence-electron chi connectivity index (χ3n) is 14.5. The first-order chi connectivity index (χ1) is 28.1. The first-order valence-electron chi connectivity index (χ1n) is 20.8. The molecule has 0 amide bonds. The molecule has 0 unspecified atom stereocenters. The molecule has 2 saturated carbocycles. The standard InChI is InChI=1S/C54H38N2O/c55-29-39-26-48-52(51-34-18-16-33(17-19-34)49(39)51)46-25-37(24-44-43-27-40-36-20-38(21-36)54(57)45(40)28-47(43)56(48)53(44)46)50-41(31-12-6-2-7-13-31)22-35(30-10-4-1-5-11-30)23-42(50)32-14-8-3-9-15-32/h1-15,22-28,33-34,36,38H,16-21H2. The fourth-order valence-corrected chi connectivity index (χ4v) is 11.9. The molecule has 0 spiro atoms. The van der Waals surface area contributed by atoms with E-state index in [2.05, 4.69) is 144 Å². The number of ketones is 1. The maximum atomic E-state index is 13.8. The Morgan fingerprint density at radius 1 is 0.509 bits per heavy atom. The lowest BCUT2D eigenvalue weighted by atomic mass is 9.62. The number of Topliss-reactive ketones (excluding diaryl/α,β-unsaturated/α-hetero) is 1. The Morgan fingerprint density at radius 2 is 1.11 bits per heavy atom. The van der Waals surface area contributed by atoms with Crippen LogP contribution in [0.3, 0.4) is 0 Å². The van der Waals surface area contributed by atoms with Crippen molar-refractivity contribution >= 4 is 43.9 Å². The van der Waals surface area contributed by atoms with Gasteiger partial charge in [-0.05, 0) is 160 Å². The van der Waals surface area contributed by atoms with Gasteiger partial charge in [-0.3, -0.25) is 4.79 Å². The van der Waals surface area contributed by atoms with Gasteiger partial charge in [-0.2, -0.15) is 5.26 Å². The summed E-state index contributed by atoms with van der Waals surface area (Å²) in [5.41, 5.74) is 18.7. The molecule has 6 aliphatic rings. The zero-order chi connectivity index (χ0) is 37.5. The number of hydrogen-bond donors (Lipinski definition) is 0. The van der Waals surface area contributed by atoms with Crippen molar-refractivity contribution in [2.75, 3.05) is 0 Å². The van der Waals surface area contributed by atoms with Gasteiger partial charge in [0, 0.05) is 33.0 Å². The molecule has 0 aliphatic heterocycles. The van der Waals surface area contributed by atoms with Crippen LogP contribution in [0.25, 0.3) is 82.6 Å². The molecule has 0 radical (unpaired) electrons. The van der Waals surface area contributed by atoms with E-state index in [-0.39, 0.29) is 5.92 Å². The number of carbonyl (C=O) groups excluding carboxylic acids is 1. The second-order valence-electron chi connectivity index (χ2n) is 17.3. The monoisotopic (exact) mass is 730 g/mol. The van der Waals surface area contributed by atoms with E-state index >= 15 is 0 Å². The Morgan fingerprint density at radius 3 is 1.74 bits per heavy atom. The molecule has 2 fully saturated rings. The van der Waals surface area contributed by atoms with Crippen molar-refractivity contribution in [1.29, 1.82) is 5.26 Å². The number of nitriles is 1. The van der Waals surface area contributed by atoms with Crippen LogP contribution < -0.4 is 0 Å². The Bertz CT molecular complexity index is 3150. The summed E-state index contributed by atoms with van der Waals surface area (Å²) < 4.78 is 2.44. The van der Waals surface area contributed by atoms with Crippen LogP contribution in [0, 0.1) is 17.2 Å². The first kappa shape index (κ1) is 31.7. The summed E-state index contributed by atoms with van der Waals surface area (Å²) in [6, 6.07) is 51.7. The smallest absolute Gasteiger partial charge is 0.166 e. The Balaban J connectivity index is 1.21. The van der Waals surface area contributed by atoms with Gasteiger partial charge in [0.1, 0.15) is 0 Å². The maximum Gasteiger partial charge on any atom is 0.166 e. The topological polar surface area (TPSA) is 45.3 Å². The van der Waals surface area contributed by atoms with Crippen molar-refractivity contribution in [1.82, 2.24) is 4.40 Å². The zero-order valence-corrected chi connectivity index (χ0v) is 31.6. The van der Waals surface area contributed by atoms with Gasteiger partial charge in [-0.15, -0.1) is 0 Å². The van der Waals surface area contributed by atoms with Crippen molar-refractivity contribution in [3.05, 3.63) is 161 Å². The Labute approximate surface area is 331 Å². The van der Waals surface area contributed by atoms with Crippen LogP contribution in [0.2, 0.25) is 0 Å². The van der Waals surface area contributed by atoms with Gasteiger partial charge in [-0.25, -0.2) is 0 Å². The summed E-state index contributed by atoms with van der Waals surface area (Å²) in [7, 11) is 0. The molecule has 2 aromatic heterocycles. The number of hydrogen-bond acceptors (Lipinski definition) is 2. The maximum absolute atomic E-state index is 13.8. The minimum absolute atomic E-state index is 0.164. The lowest BCUT2D eigenvalue weighted by Gasteiger charge is -2.41. The average Bonchev–Trinajstić information content (AvgIpc) is 3.77. The molecule has 0 atom stereocenters. The second-order valence-corrected chi connectivity index (χ2v) is 17.3. The van der Waals surface area contributed by atoms with Crippen LogP contribution >= 0.6 is 0 Å². The predicted octanol–water partition coefficient (Wildman–Crippen LogP) is 13.8. The van der Waals surface area contributed by atoms with E-state index in [9.17, 15) is 10.1 Å². The lowest BCUT2D eigenvalue weighted by Crippen LogP contribution is -2.36. The fourth-order valence-electron chi connectivity index (χ4n) is 11.9. The van der Waals surface area contributed by atoms with Gasteiger partial charge in [0.25, 0.3) is 0 Å². The molecule has 270 valence electrons. The number of aromatic nitrogens is 1. The molecule has 9 aromatic rings. The molecule has 0 N–H and O–H groups in total. The van der Waals surface area contributed by atoms with Crippen molar-refractivity contribution in [3.8, 4) is 50.6 Å². The van der Waals surface area contributed by atoms with Crippen LogP contribution in [-0.4, -0.2) is 10.2 Å². The minimum Gasteiger partial charge on any atom is -0.308 e. The highest BCUT2D eigenvalue weighted by molar-refractivity contribution is 6.26. The molecule has 3 nitrogen and oxygen atoms in total. The molecule has 4 bridgehead atoms. The molecule has 0 saturated heterocycles. The molecule has 15 rings (SSSR count). The minimum atomic E-state index is 0.164. The summed E-state index contributed by atoms with van der Waals surface area (Å²) in [6.45, 7) is 0. The van der Waals surface area contributed by atoms with Crippen molar-refractivity contribution < 1.29 is 4.79 Å². The largest absolute Gasteiger partial charge is 0.308 e. The number of rotatable bonds is 4. The SMILES string of the molecule is N#Cc1cc2c(c3c1C1CCC3CC1)c1cc(-c3c(-c4ccccc4)cc(-c4ccccc4)cc3-c3ccccc3)cc3c4cc5c(cc4n2c31)C(=O)C1CC5C1. The molecule has 3 heteroatoms. The number of fused-ring (bicyclic) bond motifs is 8. The summed E-state index contributed by atoms with van der Waals surface area (Å²) in [5, 5.41) is 15.7. The molecule has 2 heterocycles. The lowest BCUT2D eigenvalue weighted by molar-refractivity contribution is 0.0793. The van der Waals surface area contributed by atoms with Crippen molar-refractivity contribution in [2.24, 2.45) is 5.92 Å². The zero-order valence-electron chi connectivity index (χ0n) is 31.6. The summed E-state index contributed by atoms with van der Waals surface area (Å²) in [6.07, 6.45) is 6.65. The summed E-state index contributed by atoms with van der Waals surface area (Å²) in [5.74, 6) is 1.82. The van der Waals surface area contributed by atoms with Crippen LogP contribution in [0.1, 0.15) is 88.9 Å². The van der Waals surface area contributed by atoms with E-state index in [1.165, 1.54) is 114 Å². The normalized spacial score (nSPS) is 20.6. The number of benzene rings is 7. The molecule has 6 aliphatic carbocycles. The van der Waals surface area contributed by atoms with Gasteiger partial charge in [0.05, 0.1) is 28.2 Å². The van der Waals surface area contributed by atoms with E-state index in [0.29, 0.717) is 23.5 Å². The van der Waals surface area contributed by atoms with E-state index < -0.39 is 0 Å². The second kappa shape index (κ2) is 11.5. The predicted molar refractivity (Wildman–Crippen MR) is 231 cm³/mol. The van der Waals surface area contributed by atoms with Gasteiger partial charge >= 0.3 is 0 Å². The highest BCUT2D eigenvalue weighted by atomic mass is 16.1. The average molecular weight is 731 g/mol. The van der Waals surface area contributed by atoms with E-state index in [4.69, 9.17) is 0 Å². The quantitative estimate of drug-likeness (QED) is 0.181. The van der Waals surface area contributed by atoms with Gasteiger partial charge in [0.2, 0.25) is 0 Å². The highest BCUT2D eigenvalue weighted by Crippen LogP contribution is 2.57. The Kier molecular flexibility index (Phi) is 6.41. The van der Waals surface area contributed by atoms with E-state index in [1.807, 2.05) is 0 Å².